The maximum absolute atomic E-state index is 13.5. The third kappa shape index (κ3) is 4.56. The van der Waals surface area contributed by atoms with Crippen molar-refractivity contribution in [2.24, 2.45) is 4.99 Å². The van der Waals surface area contributed by atoms with E-state index in [1.165, 1.54) is 18.3 Å². The molecule has 0 amide bonds. The Morgan fingerprint density at radius 3 is 2.45 bits per heavy atom. The molecule has 1 aliphatic rings. The van der Waals surface area contributed by atoms with Crippen molar-refractivity contribution < 1.29 is 19.1 Å². The maximum Gasteiger partial charge on any atom is 0.338 e. The zero-order chi connectivity index (χ0) is 23.5. The van der Waals surface area contributed by atoms with Crippen molar-refractivity contribution in [2.75, 3.05) is 6.61 Å². The van der Waals surface area contributed by atoms with Crippen molar-refractivity contribution in [3.8, 4) is 5.75 Å². The van der Waals surface area contributed by atoms with Crippen LogP contribution in [0.2, 0.25) is 0 Å². The Morgan fingerprint density at radius 2 is 1.82 bits per heavy atom. The largest absolute Gasteiger partial charge is 0.463 e. The van der Waals surface area contributed by atoms with Gasteiger partial charge in [0.05, 0.1) is 28.5 Å². The lowest BCUT2D eigenvalue weighted by molar-refractivity contribution is -0.139. The van der Waals surface area contributed by atoms with E-state index in [0.717, 1.165) is 11.1 Å². The summed E-state index contributed by atoms with van der Waals surface area (Å²) in [4.78, 5) is 42.5. The van der Waals surface area contributed by atoms with Gasteiger partial charge in [-0.15, -0.1) is 0 Å². The van der Waals surface area contributed by atoms with Gasteiger partial charge in [-0.25, -0.2) is 9.79 Å². The predicted octanol–water partition coefficient (Wildman–Crippen LogP) is 2.72. The topological polar surface area (TPSA) is 87.0 Å². The first-order valence-electron chi connectivity index (χ1n) is 10.4. The summed E-state index contributed by atoms with van der Waals surface area (Å²) in [6.45, 7) is 5.07. The van der Waals surface area contributed by atoms with E-state index in [2.05, 4.69) is 4.99 Å². The molecule has 0 N–H and O–H groups in total. The number of esters is 2. The predicted molar refractivity (Wildman–Crippen MR) is 125 cm³/mol. The van der Waals surface area contributed by atoms with E-state index in [1.54, 1.807) is 48.8 Å². The summed E-state index contributed by atoms with van der Waals surface area (Å²) < 4.78 is 12.4. The first-order chi connectivity index (χ1) is 15.9. The molecule has 0 fully saturated rings. The van der Waals surface area contributed by atoms with Gasteiger partial charge >= 0.3 is 11.9 Å². The normalized spacial score (nSPS) is 15.6. The minimum Gasteiger partial charge on any atom is -0.463 e. The van der Waals surface area contributed by atoms with Gasteiger partial charge in [0.1, 0.15) is 5.75 Å². The van der Waals surface area contributed by atoms with Gasteiger partial charge in [-0.3, -0.25) is 14.2 Å². The van der Waals surface area contributed by atoms with E-state index < -0.39 is 18.0 Å². The number of benzene rings is 2. The van der Waals surface area contributed by atoms with Gasteiger partial charge in [0.25, 0.3) is 5.56 Å². The first-order valence-corrected chi connectivity index (χ1v) is 11.2. The Balaban J connectivity index is 1.85. The third-order valence-electron chi connectivity index (χ3n) is 5.07. The summed E-state index contributed by atoms with van der Waals surface area (Å²) in [5.41, 5.74) is 2.21. The highest BCUT2D eigenvalue weighted by Gasteiger charge is 2.33. The lowest BCUT2D eigenvalue weighted by Crippen LogP contribution is -2.39. The Kier molecular flexibility index (Phi) is 6.37. The SMILES string of the molecule is CCOC(=O)C1=C(C)N=c2sc(=Cc3ccc(OC(C)=O)cc3)c(=O)n2C1c1ccccc1. The van der Waals surface area contributed by atoms with E-state index in [0.29, 0.717) is 26.4 Å². The molecule has 0 spiro atoms. The van der Waals surface area contributed by atoms with E-state index >= 15 is 0 Å². The van der Waals surface area contributed by atoms with Gasteiger partial charge in [-0.2, -0.15) is 0 Å². The Bertz CT molecular complexity index is 1420. The van der Waals surface area contributed by atoms with Gasteiger partial charge < -0.3 is 9.47 Å². The molecule has 1 atom stereocenters. The number of ether oxygens (including phenoxy) is 2. The number of hydrogen-bond donors (Lipinski definition) is 0. The van der Waals surface area contributed by atoms with Crippen molar-refractivity contribution >= 4 is 29.4 Å². The minimum atomic E-state index is -0.630. The zero-order valence-electron chi connectivity index (χ0n) is 18.4. The number of rotatable bonds is 5. The number of fused-ring (bicyclic) bond motifs is 1. The van der Waals surface area contributed by atoms with Crippen LogP contribution in [-0.2, 0) is 14.3 Å². The molecular formula is C25H22N2O5S. The smallest absolute Gasteiger partial charge is 0.338 e. The molecule has 2 heterocycles. The molecule has 168 valence electrons. The molecule has 1 unspecified atom stereocenters. The fourth-order valence-electron chi connectivity index (χ4n) is 3.69. The van der Waals surface area contributed by atoms with E-state index in [9.17, 15) is 14.4 Å². The number of carbonyl (C=O) groups excluding carboxylic acids is 2. The monoisotopic (exact) mass is 462 g/mol. The van der Waals surface area contributed by atoms with Crippen LogP contribution >= 0.6 is 11.3 Å². The van der Waals surface area contributed by atoms with Crippen molar-refractivity contribution in [1.82, 2.24) is 4.57 Å². The molecule has 2 aromatic carbocycles. The molecule has 1 aliphatic heterocycles. The summed E-state index contributed by atoms with van der Waals surface area (Å²) in [7, 11) is 0. The van der Waals surface area contributed by atoms with Crippen LogP contribution < -0.4 is 19.6 Å². The molecule has 4 rings (SSSR count). The summed E-state index contributed by atoms with van der Waals surface area (Å²) in [6.07, 6.45) is 1.76. The van der Waals surface area contributed by atoms with Gasteiger partial charge in [-0.1, -0.05) is 53.8 Å². The number of thiazole rings is 1. The van der Waals surface area contributed by atoms with Crippen molar-refractivity contribution in [3.63, 3.8) is 0 Å². The standard InChI is InChI=1S/C25H22N2O5S/c1-4-31-24(30)21-15(2)26-25-27(22(21)18-8-6-5-7-9-18)23(29)20(33-25)14-17-10-12-19(13-11-17)32-16(3)28/h5-14,22H,4H2,1-3H3. The number of hydrogen-bond acceptors (Lipinski definition) is 7. The fourth-order valence-corrected chi connectivity index (χ4v) is 4.74. The van der Waals surface area contributed by atoms with Crippen LogP contribution in [0.5, 0.6) is 5.75 Å². The second-order valence-corrected chi connectivity index (χ2v) is 8.38. The molecule has 0 radical (unpaired) electrons. The minimum absolute atomic E-state index is 0.227. The average molecular weight is 463 g/mol. The summed E-state index contributed by atoms with van der Waals surface area (Å²) in [5.74, 6) is -0.451. The molecule has 8 heteroatoms. The molecule has 7 nitrogen and oxygen atoms in total. The highest BCUT2D eigenvalue weighted by molar-refractivity contribution is 7.07. The first kappa shape index (κ1) is 22.4. The van der Waals surface area contributed by atoms with Crippen LogP contribution in [0.3, 0.4) is 0 Å². The van der Waals surface area contributed by atoms with E-state index in [4.69, 9.17) is 9.47 Å². The second-order valence-electron chi connectivity index (χ2n) is 7.38. The Morgan fingerprint density at radius 1 is 1.12 bits per heavy atom. The fraction of sp³-hybridized carbons (Fsp3) is 0.200. The molecule has 0 aliphatic carbocycles. The van der Waals surface area contributed by atoms with E-state index in [-0.39, 0.29) is 12.2 Å². The number of aromatic nitrogens is 1. The molecule has 0 saturated heterocycles. The van der Waals surface area contributed by atoms with Crippen LogP contribution in [0.4, 0.5) is 0 Å². The summed E-state index contributed by atoms with van der Waals surface area (Å²) in [6, 6.07) is 15.6. The van der Waals surface area contributed by atoms with Crippen molar-refractivity contribution in [1.29, 1.82) is 0 Å². The number of carbonyl (C=O) groups is 2. The van der Waals surface area contributed by atoms with Crippen LogP contribution in [0.25, 0.3) is 6.08 Å². The highest BCUT2D eigenvalue weighted by atomic mass is 32.1. The summed E-state index contributed by atoms with van der Waals surface area (Å²) in [5, 5.41) is 0. The molecule has 0 saturated carbocycles. The molecular weight excluding hydrogens is 440 g/mol. The number of nitrogens with zero attached hydrogens (tertiary/aromatic N) is 2. The summed E-state index contributed by atoms with van der Waals surface area (Å²) >= 11 is 1.26. The lowest BCUT2D eigenvalue weighted by atomic mass is 9.96. The maximum atomic E-state index is 13.5. The van der Waals surface area contributed by atoms with Crippen LogP contribution in [-0.4, -0.2) is 23.1 Å². The van der Waals surface area contributed by atoms with Gasteiger partial charge in [0, 0.05) is 6.92 Å². The van der Waals surface area contributed by atoms with Gasteiger partial charge in [0.15, 0.2) is 4.80 Å². The molecule has 0 bridgehead atoms. The third-order valence-corrected chi connectivity index (χ3v) is 6.05. The van der Waals surface area contributed by atoms with E-state index in [1.807, 2.05) is 30.3 Å². The van der Waals surface area contributed by atoms with Crippen LogP contribution in [0.15, 0.2) is 75.7 Å². The van der Waals surface area contributed by atoms with Crippen molar-refractivity contribution in [3.05, 3.63) is 96.7 Å². The Hall–Kier alpha value is -3.78. The van der Waals surface area contributed by atoms with Crippen molar-refractivity contribution in [2.45, 2.75) is 26.8 Å². The zero-order valence-corrected chi connectivity index (χ0v) is 19.2. The van der Waals surface area contributed by atoms with Gasteiger partial charge in [0.2, 0.25) is 0 Å². The second kappa shape index (κ2) is 9.38. The molecule has 33 heavy (non-hydrogen) atoms. The number of allylic oxidation sites excluding steroid dienone is 1. The average Bonchev–Trinajstić information content (AvgIpc) is 3.09. The molecule has 3 aromatic rings. The highest BCUT2D eigenvalue weighted by Crippen LogP contribution is 2.30. The molecule has 1 aromatic heterocycles. The Labute approximate surface area is 193 Å². The quantitative estimate of drug-likeness (QED) is 0.430. The lowest BCUT2D eigenvalue weighted by Gasteiger charge is -2.24. The van der Waals surface area contributed by atoms with Crippen LogP contribution in [0, 0.1) is 0 Å². The van der Waals surface area contributed by atoms with Crippen LogP contribution in [0.1, 0.15) is 37.9 Å². The van der Waals surface area contributed by atoms with Gasteiger partial charge in [-0.05, 0) is 43.2 Å².